The van der Waals surface area contributed by atoms with Gasteiger partial charge in [-0.25, -0.2) is 0 Å². The van der Waals surface area contributed by atoms with E-state index >= 15 is 0 Å². The Kier molecular flexibility index (Phi) is 3.27. The van der Waals surface area contributed by atoms with Crippen molar-refractivity contribution in [1.29, 1.82) is 0 Å². The van der Waals surface area contributed by atoms with E-state index in [-0.39, 0.29) is 5.01 Å². The van der Waals surface area contributed by atoms with Crippen LogP contribution in [0.2, 0.25) is 0 Å². The van der Waals surface area contributed by atoms with Crippen molar-refractivity contribution in [3.63, 3.8) is 0 Å². The van der Waals surface area contributed by atoms with E-state index in [4.69, 9.17) is 4.74 Å². The third kappa shape index (κ3) is 2.51. The molecule has 1 nitrogen and oxygen atoms in total. The average molecular weight is 265 g/mol. The molecule has 0 aliphatic rings. The fourth-order valence-corrected chi connectivity index (χ4v) is 1.69. The molecule has 2 aromatic rings. The maximum Gasteiger partial charge on any atom is 0.153 e. The Labute approximate surface area is 98.2 Å². The topological polar surface area (TPSA) is 9.23 Å². The van der Waals surface area contributed by atoms with Gasteiger partial charge in [-0.1, -0.05) is 37.3 Å². The summed E-state index contributed by atoms with van der Waals surface area (Å²) < 4.78 is 5.69. The van der Waals surface area contributed by atoms with E-state index in [9.17, 15) is 0 Å². The van der Waals surface area contributed by atoms with E-state index in [1.165, 1.54) is 10.8 Å². The Hall–Kier alpha value is -1.02. The van der Waals surface area contributed by atoms with E-state index in [0.717, 1.165) is 12.2 Å². The molecular weight excluding hydrogens is 252 g/mol. The predicted octanol–water partition coefficient (Wildman–Crippen LogP) is 4.35. The molecule has 0 aromatic heterocycles. The third-order valence-corrected chi connectivity index (χ3v) is 3.14. The molecule has 78 valence electrons. The van der Waals surface area contributed by atoms with Crippen molar-refractivity contribution in [3.05, 3.63) is 42.5 Å². The normalized spacial score (nSPS) is 12.7. The number of fused-ring (bicyclic) bond motifs is 1. The standard InChI is InChI=1S/C13H13BrO/c1-2-13(14)15-12-8-7-10-5-3-4-6-11(10)9-12/h3-9,13H,2H2,1H3. The van der Waals surface area contributed by atoms with Crippen LogP contribution in [-0.2, 0) is 0 Å². The predicted molar refractivity (Wildman–Crippen MR) is 67.6 cm³/mol. The van der Waals surface area contributed by atoms with E-state index in [2.05, 4.69) is 47.1 Å². The molecule has 2 aromatic carbocycles. The van der Waals surface area contributed by atoms with Crippen LogP contribution in [0.4, 0.5) is 0 Å². The zero-order valence-corrected chi connectivity index (χ0v) is 10.2. The van der Waals surface area contributed by atoms with Crippen molar-refractivity contribution in [2.45, 2.75) is 18.4 Å². The minimum atomic E-state index is 0.0960. The summed E-state index contributed by atoms with van der Waals surface area (Å²) in [6, 6.07) is 14.4. The first-order valence-electron chi connectivity index (χ1n) is 5.09. The highest BCUT2D eigenvalue weighted by molar-refractivity contribution is 9.09. The minimum absolute atomic E-state index is 0.0960. The largest absolute Gasteiger partial charge is 0.479 e. The summed E-state index contributed by atoms with van der Waals surface area (Å²) in [4.78, 5) is 0. The van der Waals surface area contributed by atoms with Gasteiger partial charge in [0.2, 0.25) is 0 Å². The second kappa shape index (κ2) is 4.67. The van der Waals surface area contributed by atoms with Gasteiger partial charge < -0.3 is 4.74 Å². The van der Waals surface area contributed by atoms with Gasteiger partial charge in [0.05, 0.1) is 0 Å². The van der Waals surface area contributed by atoms with Crippen LogP contribution in [0.15, 0.2) is 42.5 Å². The van der Waals surface area contributed by atoms with E-state index in [1.807, 2.05) is 18.2 Å². The van der Waals surface area contributed by atoms with Gasteiger partial charge in [-0.15, -0.1) is 0 Å². The van der Waals surface area contributed by atoms with Crippen LogP contribution in [0.5, 0.6) is 5.75 Å². The first-order chi connectivity index (χ1) is 7.29. The molecule has 0 radical (unpaired) electrons. The minimum Gasteiger partial charge on any atom is -0.479 e. The lowest BCUT2D eigenvalue weighted by atomic mass is 10.1. The molecule has 0 bridgehead atoms. The van der Waals surface area contributed by atoms with Gasteiger partial charge in [0.15, 0.2) is 5.01 Å². The monoisotopic (exact) mass is 264 g/mol. The van der Waals surface area contributed by atoms with Crippen molar-refractivity contribution >= 4 is 26.7 Å². The molecule has 2 heteroatoms. The van der Waals surface area contributed by atoms with Gasteiger partial charge in [-0.05, 0) is 45.3 Å². The SMILES string of the molecule is CCC(Br)Oc1ccc2ccccc2c1. The number of hydrogen-bond donors (Lipinski definition) is 0. The molecule has 15 heavy (non-hydrogen) atoms. The van der Waals surface area contributed by atoms with Crippen LogP contribution in [0.1, 0.15) is 13.3 Å². The zero-order valence-electron chi connectivity index (χ0n) is 8.61. The first-order valence-corrected chi connectivity index (χ1v) is 6.00. The fourth-order valence-electron chi connectivity index (χ4n) is 1.47. The molecule has 0 fully saturated rings. The Morgan fingerprint density at radius 1 is 1.13 bits per heavy atom. The van der Waals surface area contributed by atoms with E-state index in [0.29, 0.717) is 0 Å². The Morgan fingerprint density at radius 3 is 2.60 bits per heavy atom. The van der Waals surface area contributed by atoms with Gasteiger partial charge in [0, 0.05) is 0 Å². The smallest absolute Gasteiger partial charge is 0.153 e. The number of rotatable bonds is 3. The molecule has 0 N–H and O–H groups in total. The number of alkyl halides is 1. The van der Waals surface area contributed by atoms with Crippen LogP contribution in [0, 0.1) is 0 Å². The first kappa shape index (κ1) is 10.5. The summed E-state index contributed by atoms with van der Waals surface area (Å²) >= 11 is 3.46. The van der Waals surface area contributed by atoms with Crippen LogP contribution in [-0.4, -0.2) is 5.01 Å². The Balaban J connectivity index is 2.30. The lowest BCUT2D eigenvalue weighted by Gasteiger charge is -2.11. The summed E-state index contributed by atoms with van der Waals surface area (Å²) in [5.41, 5.74) is 0. The van der Waals surface area contributed by atoms with Crippen molar-refractivity contribution in [2.24, 2.45) is 0 Å². The quantitative estimate of drug-likeness (QED) is 0.749. The van der Waals surface area contributed by atoms with Crippen LogP contribution >= 0.6 is 15.9 Å². The van der Waals surface area contributed by atoms with Gasteiger partial charge in [0.1, 0.15) is 5.75 Å². The molecule has 2 rings (SSSR count). The molecule has 0 amide bonds. The van der Waals surface area contributed by atoms with Gasteiger partial charge >= 0.3 is 0 Å². The van der Waals surface area contributed by atoms with Crippen molar-refractivity contribution in [1.82, 2.24) is 0 Å². The fraction of sp³-hybridized carbons (Fsp3) is 0.231. The number of hydrogen-bond acceptors (Lipinski definition) is 1. The lowest BCUT2D eigenvalue weighted by molar-refractivity contribution is 0.291. The summed E-state index contributed by atoms with van der Waals surface area (Å²) in [6.45, 7) is 2.08. The number of benzene rings is 2. The highest BCUT2D eigenvalue weighted by Gasteiger charge is 2.02. The third-order valence-electron chi connectivity index (χ3n) is 2.31. The highest BCUT2D eigenvalue weighted by Crippen LogP contribution is 2.22. The molecule has 0 saturated heterocycles. The van der Waals surface area contributed by atoms with Crippen molar-refractivity contribution in [2.75, 3.05) is 0 Å². The molecule has 1 unspecified atom stereocenters. The Bertz CT molecular complexity index is 453. The van der Waals surface area contributed by atoms with E-state index in [1.54, 1.807) is 0 Å². The molecule has 0 spiro atoms. The molecule has 1 atom stereocenters. The zero-order chi connectivity index (χ0) is 10.7. The van der Waals surface area contributed by atoms with Crippen LogP contribution in [0.25, 0.3) is 10.8 Å². The van der Waals surface area contributed by atoms with Crippen LogP contribution < -0.4 is 4.74 Å². The maximum atomic E-state index is 5.69. The highest BCUT2D eigenvalue weighted by atomic mass is 79.9. The summed E-state index contributed by atoms with van der Waals surface area (Å²) in [7, 11) is 0. The number of halogens is 1. The summed E-state index contributed by atoms with van der Waals surface area (Å²) in [5.74, 6) is 0.914. The molecular formula is C13H13BrO. The molecule has 0 aliphatic heterocycles. The van der Waals surface area contributed by atoms with Crippen LogP contribution in [0.3, 0.4) is 0 Å². The van der Waals surface area contributed by atoms with Gasteiger partial charge in [0.25, 0.3) is 0 Å². The van der Waals surface area contributed by atoms with Gasteiger partial charge in [-0.3, -0.25) is 0 Å². The Morgan fingerprint density at radius 2 is 1.87 bits per heavy atom. The second-order valence-corrected chi connectivity index (χ2v) is 4.47. The number of ether oxygens (including phenoxy) is 1. The lowest BCUT2D eigenvalue weighted by Crippen LogP contribution is -2.05. The van der Waals surface area contributed by atoms with Crippen molar-refractivity contribution in [3.8, 4) is 5.75 Å². The van der Waals surface area contributed by atoms with E-state index < -0.39 is 0 Å². The van der Waals surface area contributed by atoms with Crippen molar-refractivity contribution < 1.29 is 4.74 Å². The molecule has 0 aliphatic carbocycles. The molecule has 0 saturated carbocycles. The molecule has 0 heterocycles. The van der Waals surface area contributed by atoms with Gasteiger partial charge in [-0.2, -0.15) is 0 Å². The average Bonchev–Trinajstić information content (AvgIpc) is 2.29. The summed E-state index contributed by atoms with van der Waals surface area (Å²) in [5, 5.41) is 2.55. The maximum absolute atomic E-state index is 5.69. The second-order valence-electron chi connectivity index (χ2n) is 3.45. The summed E-state index contributed by atoms with van der Waals surface area (Å²) in [6.07, 6.45) is 0.951.